The lowest BCUT2D eigenvalue weighted by Gasteiger charge is -2.04. The Labute approximate surface area is 73.8 Å². The SMILES string of the molecule is O=P(F)(F)OCC1COS(=O)(=O)C1. The number of rotatable bonds is 3. The van der Waals surface area contributed by atoms with Gasteiger partial charge in [0.25, 0.3) is 10.1 Å². The normalized spacial score (nSPS) is 27.7. The quantitative estimate of drug-likeness (QED) is 0.540. The molecule has 9 heteroatoms. The fraction of sp³-hybridized carbons (Fsp3) is 1.00. The van der Waals surface area contributed by atoms with Gasteiger partial charge in [0.2, 0.25) is 0 Å². The zero-order chi connectivity index (χ0) is 10.1. The van der Waals surface area contributed by atoms with Gasteiger partial charge in [-0.1, -0.05) is 0 Å². The van der Waals surface area contributed by atoms with E-state index in [0.717, 1.165) is 0 Å². The maximum atomic E-state index is 11.7. The summed E-state index contributed by atoms with van der Waals surface area (Å²) in [4.78, 5) is 0. The second-order valence-corrected chi connectivity index (χ2v) is 5.36. The zero-order valence-corrected chi connectivity index (χ0v) is 8.06. The van der Waals surface area contributed by atoms with Crippen LogP contribution in [0.5, 0.6) is 0 Å². The van der Waals surface area contributed by atoms with Crippen LogP contribution in [0.2, 0.25) is 0 Å². The molecule has 0 spiro atoms. The second kappa shape index (κ2) is 3.61. The molecular weight excluding hydrogens is 229 g/mol. The first-order chi connectivity index (χ1) is 5.79. The number of halogens is 2. The van der Waals surface area contributed by atoms with Gasteiger partial charge in [0.1, 0.15) is 0 Å². The Balaban J connectivity index is 2.38. The van der Waals surface area contributed by atoms with E-state index >= 15 is 0 Å². The van der Waals surface area contributed by atoms with Crippen LogP contribution in [-0.2, 0) is 23.4 Å². The van der Waals surface area contributed by atoms with Gasteiger partial charge in [0.15, 0.2) is 0 Å². The third kappa shape index (κ3) is 4.12. The van der Waals surface area contributed by atoms with Gasteiger partial charge in [-0.2, -0.15) is 8.42 Å². The average molecular weight is 236 g/mol. The van der Waals surface area contributed by atoms with Crippen LogP contribution < -0.4 is 0 Å². The molecule has 0 bridgehead atoms. The molecule has 5 nitrogen and oxygen atoms in total. The molecule has 0 aliphatic carbocycles. The van der Waals surface area contributed by atoms with Crippen molar-refractivity contribution < 1.29 is 30.1 Å². The first-order valence-corrected chi connectivity index (χ1v) is 6.28. The Bertz CT molecular complexity index is 321. The monoisotopic (exact) mass is 236 g/mol. The lowest BCUT2D eigenvalue weighted by atomic mass is 10.2. The molecule has 1 rings (SSSR count). The van der Waals surface area contributed by atoms with Gasteiger partial charge >= 0.3 is 7.99 Å². The fourth-order valence-corrected chi connectivity index (χ4v) is 2.52. The van der Waals surface area contributed by atoms with E-state index in [2.05, 4.69) is 8.71 Å². The highest BCUT2D eigenvalue weighted by atomic mass is 32.2. The third-order valence-electron chi connectivity index (χ3n) is 1.38. The molecule has 0 aromatic carbocycles. The predicted octanol–water partition coefficient (Wildman–Crippen LogP) is 1.03. The summed E-state index contributed by atoms with van der Waals surface area (Å²) in [6, 6.07) is 0. The summed E-state index contributed by atoms with van der Waals surface area (Å²) < 4.78 is 62.4. The molecule has 0 N–H and O–H groups in total. The van der Waals surface area contributed by atoms with E-state index in [1.54, 1.807) is 0 Å². The van der Waals surface area contributed by atoms with Crippen LogP contribution in [0.15, 0.2) is 0 Å². The van der Waals surface area contributed by atoms with E-state index in [0.29, 0.717) is 0 Å². The van der Waals surface area contributed by atoms with Crippen molar-refractivity contribution in [2.75, 3.05) is 19.0 Å². The Kier molecular flexibility index (Phi) is 3.06. The summed E-state index contributed by atoms with van der Waals surface area (Å²) in [7, 11) is -9.09. The van der Waals surface area contributed by atoms with Gasteiger partial charge in [0.05, 0.1) is 19.0 Å². The molecule has 1 saturated heterocycles. The van der Waals surface area contributed by atoms with Gasteiger partial charge in [-0.25, -0.2) is 4.57 Å². The predicted molar refractivity (Wildman–Crippen MR) is 39.0 cm³/mol. The smallest absolute Gasteiger partial charge is 0.280 e. The van der Waals surface area contributed by atoms with Crippen molar-refractivity contribution >= 4 is 18.1 Å². The zero-order valence-electron chi connectivity index (χ0n) is 6.35. The van der Waals surface area contributed by atoms with Crippen LogP contribution in [0.25, 0.3) is 0 Å². The van der Waals surface area contributed by atoms with Gasteiger partial charge in [0, 0.05) is 5.92 Å². The van der Waals surface area contributed by atoms with Crippen molar-refractivity contribution in [3.63, 3.8) is 0 Å². The molecule has 1 aliphatic rings. The largest absolute Gasteiger partial charge is 0.551 e. The van der Waals surface area contributed by atoms with E-state index in [-0.39, 0.29) is 12.4 Å². The third-order valence-corrected chi connectivity index (χ3v) is 3.21. The maximum Gasteiger partial charge on any atom is 0.551 e. The molecule has 1 heterocycles. The molecule has 0 saturated carbocycles. The molecule has 78 valence electrons. The van der Waals surface area contributed by atoms with E-state index < -0.39 is 30.6 Å². The maximum absolute atomic E-state index is 11.7. The standard InChI is InChI=1S/C4H7F2O5PS/c5-12(6,7)10-1-4-2-11-13(8,9)3-4/h4H,1-3H2. The van der Waals surface area contributed by atoms with Crippen LogP contribution >= 0.6 is 7.99 Å². The summed E-state index contributed by atoms with van der Waals surface area (Å²) in [6.45, 7) is -0.758. The molecule has 0 aromatic rings. The topological polar surface area (TPSA) is 69.7 Å². The van der Waals surface area contributed by atoms with Gasteiger partial charge < -0.3 is 0 Å². The Hall–Kier alpha value is -0.0400. The summed E-state index contributed by atoms with van der Waals surface area (Å²) in [5.74, 6) is -1.03. The summed E-state index contributed by atoms with van der Waals surface area (Å²) in [5.41, 5.74) is 0. The second-order valence-electron chi connectivity index (χ2n) is 2.59. The average Bonchev–Trinajstić information content (AvgIpc) is 2.24. The minimum absolute atomic E-state index is 0.192. The van der Waals surface area contributed by atoms with Crippen LogP contribution in [-0.4, -0.2) is 27.4 Å². The molecule has 1 fully saturated rings. The lowest BCUT2D eigenvalue weighted by molar-refractivity contribution is 0.196. The van der Waals surface area contributed by atoms with Gasteiger partial charge in [-0.3, -0.25) is 8.71 Å². The van der Waals surface area contributed by atoms with Gasteiger partial charge in [-0.15, -0.1) is 8.39 Å². The van der Waals surface area contributed by atoms with Crippen molar-refractivity contribution in [1.29, 1.82) is 0 Å². The Morgan fingerprint density at radius 3 is 2.54 bits per heavy atom. The Morgan fingerprint density at radius 2 is 2.15 bits per heavy atom. The molecule has 1 atom stereocenters. The van der Waals surface area contributed by atoms with Crippen molar-refractivity contribution in [2.24, 2.45) is 5.92 Å². The van der Waals surface area contributed by atoms with Crippen LogP contribution in [0.4, 0.5) is 8.39 Å². The van der Waals surface area contributed by atoms with Crippen molar-refractivity contribution in [2.45, 2.75) is 0 Å². The number of hydrogen-bond acceptors (Lipinski definition) is 5. The molecule has 1 unspecified atom stereocenters. The van der Waals surface area contributed by atoms with Crippen molar-refractivity contribution in [3.8, 4) is 0 Å². The molecule has 13 heavy (non-hydrogen) atoms. The lowest BCUT2D eigenvalue weighted by Crippen LogP contribution is -2.11. The fourth-order valence-electron chi connectivity index (χ4n) is 0.873. The Morgan fingerprint density at radius 1 is 1.54 bits per heavy atom. The van der Waals surface area contributed by atoms with Crippen molar-refractivity contribution in [3.05, 3.63) is 0 Å². The van der Waals surface area contributed by atoms with E-state index in [1.807, 2.05) is 0 Å². The highest BCUT2D eigenvalue weighted by Crippen LogP contribution is 2.50. The van der Waals surface area contributed by atoms with E-state index in [1.165, 1.54) is 0 Å². The first kappa shape index (κ1) is 11.0. The summed E-state index contributed by atoms with van der Waals surface area (Å²) in [6.07, 6.45) is 0. The summed E-state index contributed by atoms with van der Waals surface area (Å²) in [5, 5.41) is 0. The molecular formula is C4H7F2O5PS. The van der Waals surface area contributed by atoms with Crippen LogP contribution in [0.3, 0.4) is 0 Å². The minimum atomic E-state index is -5.51. The highest BCUT2D eigenvalue weighted by molar-refractivity contribution is 7.86. The van der Waals surface area contributed by atoms with E-state index in [9.17, 15) is 21.4 Å². The minimum Gasteiger partial charge on any atom is -0.280 e. The molecule has 0 radical (unpaired) electrons. The first-order valence-electron chi connectivity index (χ1n) is 3.29. The van der Waals surface area contributed by atoms with Crippen LogP contribution in [0.1, 0.15) is 0 Å². The van der Waals surface area contributed by atoms with E-state index in [4.69, 9.17) is 0 Å². The number of hydrogen-bond donors (Lipinski definition) is 0. The highest BCUT2D eigenvalue weighted by Gasteiger charge is 2.32. The molecule has 1 aliphatic heterocycles. The summed E-state index contributed by atoms with van der Waals surface area (Å²) >= 11 is 0. The molecule has 0 aromatic heterocycles. The van der Waals surface area contributed by atoms with Gasteiger partial charge in [-0.05, 0) is 0 Å². The molecule has 0 amide bonds. The van der Waals surface area contributed by atoms with Crippen LogP contribution in [0, 0.1) is 5.92 Å². The van der Waals surface area contributed by atoms with Crippen molar-refractivity contribution in [1.82, 2.24) is 0 Å².